The highest BCUT2D eigenvalue weighted by atomic mass is 16.4. The molecule has 1 heterocycles. The van der Waals surface area contributed by atoms with Crippen LogP contribution < -0.4 is 5.73 Å². The van der Waals surface area contributed by atoms with Gasteiger partial charge in [0.1, 0.15) is 5.76 Å². The maximum atomic E-state index is 5.88. The van der Waals surface area contributed by atoms with E-state index in [-0.39, 0.29) is 5.41 Å². The lowest BCUT2D eigenvalue weighted by Gasteiger charge is -2.13. The number of nitrogens with two attached hydrogens (primary N) is 1. The zero-order chi connectivity index (χ0) is 12.6. The molecule has 3 heteroatoms. The van der Waals surface area contributed by atoms with Crippen molar-refractivity contribution in [3.8, 4) is 11.5 Å². The number of nitrogen functional groups attached to an aromatic ring is 1. The van der Waals surface area contributed by atoms with Crippen molar-refractivity contribution in [3.63, 3.8) is 0 Å². The standard InChI is InChI=1S/C14H18N2O/c1-9-10(6-5-7-11(9)15)13-16-8-12(17-13)14(2,3)4/h5-8H,15H2,1-4H3. The van der Waals surface area contributed by atoms with Gasteiger partial charge in [-0.1, -0.05) is 26.8 Å². The Hall–Kier alpha value is -1.77. The van der Waals surface area contributed by atoms with Gasteiger partial charge in [-0.05, 0) is 24.6 Å². The van der Waals surface area contributed by atoms with Gasteiger partial charge in [0, 0.05) is 16.7 Å². The molecule has 0 spiro atoms. The van der Waals surface area contributed by atoms with Crippen LogP contribution in [-0.4, -0.2) is 4.98 Å². The minimum absolute atomic E-state index is 0.0283. The number of anilines is 1. The van der Waals surface area contributed by atoms with Gasteiger partial charge in [0.05, 0.1) is 6.20 Å². The maximum Gasteiger partial charge on any atom is 0.226 e. The SMILES string of the molecule is Cc1c(N)cccc1-c1ncc(C(C)(C)C)o1. The fourth-order valence-corrected chi connectivity index (χ4v) is 1.63. The van der Waals surface area contributed by atoms with Crippen molar-refractivity contribution in [2.75, 3.05) is 5.73 Å². The summed E-state index contributed by atoms with van der Waals surface area (Å²) in [4.78, 5) is 4.33. The highest BCUT2D eigenvalue weighted by Gasteiger charge is 2.20. The molecule has 0 aliphatic carbocycles. The molecule has 2 N–H and O–H groups in total. The van der Waals surface area contributed by atoms with Crippen molar-refractivity contribution in [2.45, 2.75) is 33.1 Å². The molecule has 0 atom stereocenters. The average molecular weight is 230 g/mol. The highest BCUT2D eigenvalue weighted by Crippen LogP contribution is 2.30. The predicted octanol–water partition coefficient (Wildman–Crippen LogP) is 3.53. The molecule has 0 bridgehead atoms. The van der Waals surface area contributed by atoms with E-state index in [1.165, 1.54) is 0 Å². The van der Waals surface area contributed by atoms with Crippen LogP contribution in [-0.2, 0) is 5.41 Å². The number of aromatic nitrogens is 1. The summed E-state index contributed by atoms with van der Waals surface area (Å²) in [5.41, 5.74) is 8.58. The van der Waals surface area contributed by atoms with E-state index in [1.807, 2.05) is 25.1 Å². The molecule has 3 nitrogen and oxygen atoms in total. The van der Waals surface area contributed by atoms with E-state index in [0.29, 0.717) is 5.89 Å². The zero-order valence-corrected chi connectivity index (χ0v) is 10.7. The minimum Gasteiger partial charge on any atom is -0.441 e. The van der Waals surface area contributed by atoms with Crippen LogP contribution in [0.4, 0.5) is 5.69 Å². The van der Waals surface area contributed by atoms with Crippen LogP contribution in [0.3, 0.4) is 0 Å². The third kappa shape index (κ3) is 2.18. The topological polar surface area (TPSA) is 52.0 Å². The van der Waals surface area contributed by atoms with Crippen molar-refractivity contribution in [1.82, 2.24) is 4.98 Å². The first-order valence-electron chi connectivity index (χ1n) is 5.71. The Morgan fingerprint density at radius 3 is 2.53 bits per heavy atom. The molecule has 17 heavy (non-hydrogen) atoms. The molecule has 2 rings (SSSR count). The largest absolute Gasteiger partial charge is 0.441 e. The summed E-state index contributed by atoms with van der Waals surface area (Å²) in [7, 11) is 0. The monoisotopic (exact) mass is 230 g/mol. The second-order valence-corrected chi connectivity index (χ2v) is 5.30. The van der Waals surface area contributed by atoms with Crippen LogP contribution >= 0.6 is 0 Å². The molecule has 0 unspecified atom stereocenters. The Labute approximate surface area is 102 Å². The Morgan fingerprint density at radius 2 is 1.94 bits per heavy atom. The molecule has 1 aromatic heterocycles. The Balaban J connectivity index is 2.48. The van der Waals surface area contributed by atoms with Crippen LogP contribution in [0.15, 0.2) is 28.8 Å². The average Bonchev–Trinajstić information content (AvgIpc) is 2.70. The van der Waals surface area contributed by atoms with Gasteiger partial charge in [0.2, 0.25) is 5.89 Å². The van der Waals surface area contributed by atoms with Gasteiger partial charge in [-0.2, -0.15) is 0 Å². The summed E-state index contributed by atoms with van der Waals surface area (Å²) in [6.07, 6.45) is 1.79. The Kier molecular flexibility index (Phi) is 2.69. The summed E-state index contributed by atoms with van der Waals surface area (Å²) in [5, 5.41) is 0. The van der Waals surface area contributed by atoms with Crippen molar-refractivity contribution < 1.29 is 4.42 Å². The quantitative estimate of drug-likeness (QED) is 0.762. The van der Waals surface area contributed by atoms with Crippen LogP contribution in [0.25, 0.3) is 11.5 Å². The first kappa shape index (κ1) is 11.7. The molecule has 0 aliphatic rings. The molecule has 0 radical (unpaired) electrons. The van der Waals surface area contributed by atoms with E-state index in [0.717, 1.165) is 22.6 Å². The lowest BCUT2D eigenvalue weighted by molar-refractivity contribution is 0.415. The molecule has 90 valence electrons. The summed E-state index contributed by atoms with van der Waals surface area (Å²) >= 11 is 0. The van der Waals surface area contributed by atoms with Crippen molar-refractivity contribution >= 4 is 5.69 Å². The third-order valence-corrected chi connectivity index (χ3v) is 2.85. The van der Waals surface area contributed by atoms with Gasteiger partial charge in [0.25, 0.3) is 0 Å². The van der Waals surface area contributed by atoms with Gasteiger partial charge in [0.15, 0.2) is 0 Å². The van der Waals surface area contributed by atoms with Gasteiger partial charge < -0.3 is 10.2 Å². The summed E-state index contributed by atoms with van der Waals surface area (Å²) in [6.45, 7) is 8.28. The van der Waals surface area contributed by atoms with Gasteiger partial charge in [-0.25, -0.2) is 4.98 Å². The summed E-state index contributed by atoms with van der Waals surface area (Å²) < 4.78 is 5.80. The molecule has 0 saturated heterocycles. The first-order valence-corrected chi connectivity index (χ1v) is 5.71. The molecule has 0 fully saturated rings. The number of nitrogens with zero attached hydrogens (tertiary/aromatic N) is 1. The van der Waals surface area contributed by atoms with Crippen LogP contribution in [0.1, 0.15) is 32.1 Å². The number of benzene rings is 1. The number of hydrogen-bond donors (Lipinski definition) is 1. The molecule has 0 amide bonds. The minimum atomic E-state index is -0.0283. The zero-order valence-electron chi connectivity index (χ0n) is 10.7. The Morgan fingerprint density at radius 1 is 1.24 bits per heavy atom. The molecular formula is C14H18N2O. The van der Waals surface area contributed by atoms with E-state index in [1.54, 1.807) is 6.20 Å². The van der Waals surface area contributed by atoms with Gasteiger partial charge in [-0.15, -0.1) is 0 Å². The molecule has 1 aromatic carbocycles. The van der Waals surface area contributed by atoms with Gasteiger partial charge >= 0.3 is 0 Å². The predicted molar refractivity (Wildman–Crippen MR) is 69.8 cm³/mol. The summed E-state index contributed by atoms with van der Waals surface area (Å²) in [6, 6.07) is 5.77. The number of hydrogen-bond acceptors (Lipinski definition) is 3. The van der Waals surface area contributed by atoms with Crippen LogP contribution in [0.2, 0.25) is 0 Å². The third-order valence-electron chi connectivity index (χ3n) is 2.85. The van der Waals surface area contributed by atoms with E-state index in [2.05, 4.69) is 25.8 Å². The van der Waals surface area contributed by atoms with Crippen LogP contribution in [0, 0.1) is 6.92 Å². The Bertz CT molecular complexity index is 535. The van der Waals surface area contributed by atoms with Crippen LogP contribution in [0.5, 0.6) is 0 Å². The summed E-state index contributed by atoms with van der Waals surface area (Å²) in [5.74, 6) is 1.52. The molecule has 0 aliphatic heterocycles. The van der Waals surface area contributed by atoms with Crippen molar-refractivity contribution in [2.24, 2.45) is 0 Å². The first-order chi connectivity index (χ1) is 7.89. The second kappa shape index (κ2) is 3.91. The van der Waals surface area contributed by atoms with Crippen molar-refractivity contribution in [1.29, 1.82) is 0 Å². The van der Waals surface area contributed by atoms with E-state index < -0.39 is 0 Å². The van der Waals surface area contributed by atoms with E-state index in [9.17, 15) is 0 Å². The molecular weight excluding hydrogens is 212 g/mol. The number of oxazole rings is 1. The fourth-order valence-electron chi connectivity index (χ4n) is 1.63. The smallest absolute Gasteiger partial charge is 0.226 e. The fraction of sp³-hybridized carbons (Fsp3) is 0.357. The van der Waals surface area contributed by atoms with E-state index >= 15 is 0 Å². The van der Waals surface area contributed by atoms with Gasteiger partial charge in [-0.3, -0.25) is 0 Å². The maximum absolute atomic E-state index is 5.88. The van der Waals surface area contributed by atoms with E-state index in [4.69, 9.17) is 10.2 Å². The number of rotatable bonds is 1. The normalized spacial score (nSPS) is 11.8. The lowest BCUT2D eigenvalue weighted by atomic mass is 9.94. The second-order valence-electron chi connectivity index (χ2n) is 5.30. The lowest BCUT2D eigenvalue weighted by Crippen LogP contribution is -2.09. The molecule has 0 saturated carbocycles. The molecule has 2 aromatic rings. The van der Waals surface area contributed by atoms with Crippen molar-refractivity contribution in [3.05, 3.63) is 35.7 Å². The highest BCUT2D eigenvalue weighted by molar-refractivity contribution is 5.66.